The minimum Gasteiger partial charge on any atom is -0.353 e. The molecule has 0 aliphatic heterocycles. The van der Waals surface area contributed by atoms with E-state index in [1.165, 1.54) is 6.42 Å². The third-order valence-electron chi connectivity index (χ3n) is 2.67. The number of nitrogens with one attached hydrogen (secondary N) is 1. The summed E-state index contributed by atoms with van der Waals surface area (Å²) in [5.41, 5.74) is 0.354. The summed E-state index contributed by atoms with van der Waals surface area (Å²) in [4.78, 5) is 11.5. The molecule has 0 aromatic carbocycles. The van der Waals surface area contributed by atoms with Crippen molar-refractivity contribution < 1.29 is 9.00 Å². The van der Waals surface area contributed by atoms with Gasteiger partial charge in [-0.15, -0.1) is 0 Å². The molecule has 0 spiro atoms. The average Bonchev–Trinajstić information content (AvgIpc) is 2.12. The summed E-state index contributed by atoms with van der Waals surface area (Å²) in [6.07, 6.45) is 5.79. The predicted octanol–water partition coefficient (Wildman–Crippen LogP) is 2.48. The lowest BCUT2D eigenvalue weighted by molar-refractivity contribution is -0.119. The van der Waals surface area contributed by atoms with E-state index in [2.05, 4.69) is 33.0 Å². The van der Waals surface area contributed by atoms with E-state index in [9.17, 15) is 9.00 Å². The van der Waals surface area contributed by atoms with Gasteiger partial charge in [0.15, 0.2) is 0 Å². The monoisotopic (exact) mass is 261 g/mol. The zero-order chi connectivity index (χ0) is 13.5. The van der Waals surface area contributed by atoms with Crippen molar-refractivity contribution in [3.05, 3.63) is 0 Å². The Kier molecular flexibility index (Phi) is 7.68. The summed E-state index contributed by atoms with van der Waals surface area (Å²) in [6.45, 7) is 8.76. The molecule has 0 radical (unpaired) electrons. The highest BCUT2D eigenvalue weighted by Gasteiger charge is 2.14. The average molecular weight is 261 g/mol. The third-order valence-corrected chi connectivity index (χ3v) is 3.34. The molecule has 2 unspecified atom stereocenters. The first-order valence-electron chi connectivity index (χ1n) is 6.34. The molecule has 0 fully saturated rings. The minimum absolute atomic E-state index is 0.0894. The van der Waals surface area contributed by atoms with Crippen LogP contribution in [0, 0.1) is 5.41 Å². The van der Waals surface area contributed by atoms with Gasteiger partial charge >= 0.3 is 0 Å². The van der Waals surface area contributed by atoms with Crippen LogP contribution < -0.4 is 5.32 Å². The molecule has 0 rings (SSSR count). The quantitative estimate of drug-likeness (QED) is 0.765. The smallest absolute Gasteiger partial charge is 0.232 e. The van der Waals surface area contributed by atoms with Crippen LogP contribution in [0.5, 0.6) is 0 Å². The minimum atomic E-state index is -1.05. The lowest BCUT2D eigenvalue weighted by Crippen LogP contribution is -2.37. The molecule has 17 heavy (non-hydrogen) atoms. The Hall–Kier alpha value is -0.380. The molecule has 0 aromatic heterocycles. The van der Waals surface area contributed by atoms with E-state index in [1.807, 2.05) is 0 Å². The number of rotatable bonds is 7. The first-order valence-corrected chi connectivity index (χ1v) is 8.06. The highest BCUT2D eigenvalue weighted by Crippen LogP contribution is 2.22. The van der Waals surface area contributed by atoms with Crippen LogP contribution in [0.2, 0.25) is 0 Å². The number of hydrogen-bond acceptors (Lipinski definition) is 2. The third kappa shape index (κ3) is 10.5. The largest absolute Gasteiger partial charge is 0.353 e. The van der Waals surface area contributed by atoms with Crippen molar-refractivity contribution in [3.63, 3.8) is 0 Å². The van der Waals surface area contributed by atoms with Crippen LogP contribution in [0.15, 0.2) is 0 Å². The highest BCUT2D eigenvalue weighted by molar-refractivity contribution is 7.85. The fraction of sp³-hybridized carbons (Fsp3) is 0.923. The second-order valence-electron chi connectivity index (χ2n) is 5.84. The lowest BCUT2D eigenvalue weighted by Gasteiger charge is -2.21. The van der Waals surface area contributed by atoms with Crippen molar-refractivity contribution in [1.29, 1.82) is 0 Å². The first-order chi connectivity index (χ1) is 7.74. The van der Waals surface area contributed by atoms with Crippen LogP contribution in [0.1, 0.15) is 53.4 Å². The molecule has 0 saturated heterocycles. The topological polar surface area (TPSA) is 46.2 Å². The van der Waals surface area contributed by atoms with Gasteiger partial charge in [-0.1, -0.05) is 34.1 Å². The van der Waals surface area contributed by atoms with Gasteiger partial charge in [0.2, 0.25) is 5.91 Å². The molecular formula is C13H27NO2S. The van der Waals surface area contributed by atoms with Gasteiger partial charge in [0.25, 0.3) is 0 Å². The van der Waals surface area contributed by atoms with Crippen molar-refractivity contribution in [2.45, 2.75) is 59.4 Å². The van der Waals surface area contributed by atoms with Crippen LogP contribution in [-0.2, 0) is 15.6 Å². The van der Waals surface area contributed by atoms with Crippen LogP contribution in [0.4, 0.5) is 0 Å². The Morgan fingerprint density at radius 2 is 1.94 bits per heavy atom. The van der Waals surface area contributed by atoms with Crippen LogP contribution >= 0.6 is 0 Å². The molecule has 102 valence electrons. The van der Waals surface area contributed by atoms with Gasteiger partial charge in [0.1, 0.15) is 5.75 Å². The van der Waals surface area contributed by atoms with E-state index in [0.29, 0.717) is 5.41 Å². The summed E-state index contributed by atoms with van der Waals surface area (Å²) in [7, 11) is -1.05. The van der Waals surface area contributed by atoms with E-state index >= 15 is 0 Å². The van der Waals surface area contributed by atoms with Gasteiger partial charge in [0.05, 0.1) is 0 Å². The Bertz CT molecular complexity index is 259. The molecule has 4 heteroatoms. The van der Waals surface area contributed by atoms with E-state index in [4.69, 9.17) is 0 Å². The van der Waals surface area contributed by atoms with E-state index in [0.717, 1.165) is 19.3 Å². The second-order valence-corrected chi connectivity index (χ2v) is 7.28. The molecule has 3 nitrogen and oxygen atoms in total. The Labute approximate surface area is 108 Å². The standard InChI is InChI=1S/C13H27NO2S/c1-6-11(8-7-9-13(2,3)4)14-12(15)10-17(5)16/h11H,6-10H2,1-5H3,(H,14,15). The zero-order valence-corrected chi connectivity index (χ0v) is 12.7. The summed E-state index contributed by atoms with van der Waals surface area (Å²) in [6, 6.07) is 0.230. The fourth-order valence-electron chi connectivity index (χ4n) is 1.71. The zero-order valence-electron chi connectivity index (χ0n) is 11.8. The van der Waals surface area contributed by atoms with Crippen molar-refractivity contribution in [2.24, 2.45) is 5.41 Å². The van der Waals surface area contributed by atoms with Crippen molar-refractivity contribution in [1.82, 2.24) is 5.32 Å². The molecule has 0 saturated carbocycles. The van der Waals surface area contributed by atoms with Crippen molar-refractivity contribution in [2.75, 3.05) is 12.0 Å². The molecule has 0 bridgehead atoms. The second kappa shape index (κ2) is 7.85. The predicted molar refractivity (Wildman–Crippen MR) is 74.5 cm³/mol. The van der Waals surface area contributed by atoms with Crippen LogP contribution in [0.3, 0.4) is 0 Å². The molecule has 1 N–H and O–H groups in total. The summed E-state index contributed by atoms with van der Waals surface area (Å²) in [5, 5.41) is 2.95. The molecule has 2 atom stereocenters. The summed E-state index contributed by atoms with van der Waals surface area (Å²) >= 11 is 0. The van der Waals surface area contributed by atoms with E-state index in [1.54, 1.807) is 6.26 Å². The maximum Gasteiger partial charge on any atom is 0.232 e. The SMILES string of the molecule is CCC(CCCC(C)(C)C)NC(=O)CS(C)=O. The van der Waals surface area contributed by atoms with Gasteiger partial charge in [0, 0.05) is 23.1 Å². The van der Waals surface area contributed by atoms with Gasteiger partial charge in [-0.2, -0.15) is 0 Å². The number of hydrogen-bond donors (Lipinski definition) is 1. The maximum atomic E-state index is 11.5. The number of carbonyl (C=O) groups is 1. The van der Waals surface area contributed by atoms with E-state index in [-0.39, 0.29) is 17.7 Å². The molecular weight excluding hydrogens is 234 g/mol. The summed E-state index contributed by atoms with van der Waals surface area (Å²) in [5.74, 6) is 0.0314. The van der Waals surface area contributed by atoms with Crippen LogP contribution in [0.25, 0.3) is 0 Å². The Morgan fingerprint density at radius 3 is 2.35 bits per heavy atom. The molecule has 0 heterocycles. The van der Waals surface area contributed by atoms with Crippen molar-refractivity contribution in [3.8, 4) is 0 Å². The maximum absolute atomic E-state index is 11.5. The van der Waals surface area contributed by atoms with Gasteiger partial charge in [-0.05, 0) is 24.7 Å². The normalized spacial score (nSPS) is 15.4. The highest BCUT2D eigenvalue weighted by atomic mass is 32.2. The first kappa shape index (κ1) is 16.6. The number of amides is 1. The fourth-order valence-corrected chi connectivity index (χ4v) is 2.16. The molecule has 1 amide bonds. The molecule has 0 aliphatic rings. The van der Waals surface area contributed by atoms with Crippen molar-refractivity contribution >= 4 is 16.7 Å². The Morgan fingerprint density at radius 1 is 1.35 bits per heavy atom. The Balaban J connectivity index is 3.92. The van der Waals surface area contributed by atoms with Crippen LogP contribution in [-0.4, -0.2) is 28.2 Å². The lowest BCUT2D eigenvalue weighted by atomic mass is 9.89. The van der Waals surface area contributed by atoms with Gasteiger partial charge in [-0.3, -0.25) is 9.00 Å². The summed E-state index contributed by atoms with van der Waals surface area (Å²) < 4.78 is 10.9. The molecule has 0 aliphatic carbocycles. The van der Waals surface area contributed by atoms with Gasteiger partial charge < -0.3 is 5.32 Å². The number of carbonyl (C=O) groups excluding carboxylic acids is 1. The van der Waals surface area contributed by atoms with Gasteiger partial charge in [-0.25, -0.2) is 0 Å². The van der Waals surface area contributed by atoms with E-state index < -0.39 is 10.8 Å². The molecule has 0 aromatic rings.